The molecular weight excluding hydrogens is 270 g/mol. The van der Waals surface area contributed by atoms with Gasteiger partial charge in [0.15, 0.2) is 5.78 Å². The molecule has 2 aromatic rings. The van der Waals surface area contributed by atoms with Crippen LogP contribution in [0.1, 0.15) is 29.8 Å². The van der Waals surface area contributed by atoms with Crippen LogP contribution in [0.5, 0.6) is 0 Å². The molecule has 0 aromatic heterocycles. The molecule has 0 radical (unpaired) electrons. The van der Waals surface area contributed by atoms with E-state index in [1.165, 1.54) is 5.56 Å². The maximum atomic E-state index is 11.4. The van der Waals surface area contributed by atoms with Gasteiger partial charge in [0.25, 0.3) is 0 Å². The molecule has 0 heterocycles. The quantitative estimate of drug-likeness (QED) is 0.751. The van der Waals surface area contributed by atoms with Gasteiger partial charge in [-0.05, 0) is 37.6 Å². The van der Waals surface area contributed by atoms with Crippen molar-refractivity contribution in [3.63, 3.8) is 0 Å². The van der Waals surface area contributed by atoms with Gasteiger partial charge in [-0.25, -0.2) is 0 Å². The zero-order valence-electron chi connectivity index (χ0n) is 11.8. The molecule has 0 saturated carbocycles. The highest BCUT2D eigenvalue weighted by Crippen LogP contribution is 2.28. The Kier molecular flexibility index (Phi) is 4.80. The van der Waals surface area contributed by atoms with Crippen molar-refractivity contribution < 1.29 is 4.79 Å². The van der Waals surface area contributed by atoms with E-state index >= 15 is 0 Å². The normalized spacial score (nSPS) is 10.3. The number of halogens is 1. The van der Waals surface area contributed by atoms with E-state index in [4.69, 9.17) is 11.6 Å². The Morgan fingerprint density at radius 3 is 2.40 bits per heavy atom. The molecule has 0 aliphatic heterocycles. The molecule has 3 heteroatoms. The Bertz CT molecular complexity index is 595. The van der Waals surface area contributed by atoms with Gasteiger partial charge in [-0.2, -0.15) is 0 Å². The summed E-state index contributed by atoms with van der Waals surface area (Å²) in [6.45, 7) is 5.30. The van der Waals surface area contributed by atoms with E-state index in [-0.39, 0.29) is 5.78 Å². The summed E-state index contributed by atoms with van der Waals surface area (Å²) in [5.74, 6) is 0.0320. The van der Waals surface area contributed by atoms with Crippen LogP contribution in [-0.2, 0) is 6.54 Å². The highest BCUT2D eigenvalue weighted by Gasteiger charge is 2.11. The zero-order chi connectivity index (χ0) is 14.5. The third-order valence-corrected chi connectivity index (χ3v) is 3.60. The van der Waals surface area contributed by atoms with E-state index in [0.29, 0.717) is 10.6 Å². The van der Waals surface area contributed by atoms with Crippen molar-refractivity contribution >= 4 is 23.1 Å². The van der Waals surface area contributed by atoms with Crippen LogP contribution < -0.4 is 4.90 Å². The van der Waals surface area contributed by atoms with Gasteiger partial charge >= 0.3 is 0 Å². The average molecular weight is 288 g/mol. The molecular formula is C17H18ClNO. The summed E-state index contributed by atoms with van der Waals surface area (Å²) in [6.07, 6.45) is 0. The first-order valence-corrected chi connectivity index (χ1v) is 7.09. The molecule has 2 nitrogen and oxygen atoms in total. The molecule has 0 unspecified atom stereocenters. The molecule has 0 bridgehead atoms. The maximum absolute atomic E-state index is 11.4. The lowest BCUT2D eigenvalue weighted by Gasteiger charge is -2.24. The predicted molar refractivity (Wildman–Crippen MR) is 84.6 cm³/mol. The second-order valence-corrected chi connectivity index (χ2v) is 5.13. The number of carbonyl (C=O) groups is 1. The molecule has 20 heavy (non-hydrogen) atoms. The third kappa shape index (κ3) is 3.40. The Labute approximate surface area is 125 Å². The summed E-state index contributed by atoms with van der Waals surface area (Å²) >= 11 is 6.32. The lowest BCUT2D eigenvalue weighted by atomic mass is 10.1. The van der Waals surface area contributed by atoms with Gasteiger partial charge in [0.05, 0.1) is 10.7 Å². The van der Waals surface area contributed by atoms with Crippen LogP contribution in [0, 0.1) is 0 Å². The first-order valence-electron chi connectivity index (χ1n) is 6.71. The molecule has 0 amide bonds. The van der Waals surface area contributed by atoms with Crippen LogP contribution in [0.3, 0.4) is 0 Å². The van der Waals surface area contributed by atoms with Gasteiger partial charge in [-0.3, -0.25) is 4.79 Å². The fourth-order valence-corrected chi connectivity index (χ4v) is 2.45. The fraction of sp³-hybridized carbons (Fsp3) is 0.235. The molecule has 104 valence electrons. The summed E-state index contributed by atoms with van der Waals surface area (Å²) in [5.41, 5.74) is 2.85. The molecule has 0 N–H and O–H groups in total. The summed E-state index contributed by atoms with van der Waals surface area (Å²) in [4.78, 5) is 13.6. The molecule has 0 fully saturated rings. The predicted octanol–water partition coefficient (Wildman–Crippen LogP) is 4.57. The molecule has 0 aliphatic carbocycles. The minimum atomic E-state index is 0.0320. The lowest BCUT2D eigenvalue weighted by molar-refractivity contribution is 0.101. The Hall–Kier alpha value is -1.80. The number of hydrogen-bond donors (Lipinski definition) is 0. The molecule has 2 aromatic carbocycles. The van der Waals surface area contributed by atoms with Crippen molar-refractivity contribution in [1.82, 2.24) is 0 Å². The third-order valence-electron chi connectivity index (χ3n) is 3.29. The van der Waals surface area contributed by atoms with Crippen LogP contribution in [0.25, 0.3) is 0 Å². The van der Waals surface area contributed by atoms with Crippen LogP contribution in [0.2, 0.25) is 5.02 Å². The summed E-state index contributed by atoms with van der Waals surface area (Å²) in [5, 5.41) is 0.621. The number of anilines is 1. The van der Waals surface area contributed by atoms with Crippen LogP contribution >= 0.6 is 11.6 Å². The Balaban J connectivity index is 2.26. The highest BCUT2D eigenvalue weighted by molar-refractivity contribution is 6.33. The van der Waals surface area contributed by atoms with Gasteiger partial charge in [0.2, 0.25) is 0 Å². The molecule has 2 rings (SSSR count). The summed E-state index contributed by atoms with van der Waals surface area (Å²) in [7, 11) is 0. The minimum absolute atomic E-state index is 0.0320. The second kappa shape index (κ2) is 6.58. The zero-order valence-corrected chi connectivity index (χ0v) is 12.5. The number of carbonyl (C=O) groups excluding carboxylic acids is 1. The van der Waals surface area contributed by atoms with Crippen molar-refractivity contribution in [2.45, 2.75) is 20.4 Å². The molecule has 0 aliphatic rings. The number of ketones is 1. The standard InChI is InChI=1S/C17H18ClNO/c1-3-19(12-14-7-5-4-6-8-14)17-10-9-15(13(2)20)11-16(17)18/h4-11H,3,12H2,1-2H3. The summed E-state index contributed by atoms with van der Waals surface area (Å²) < 4.78 is 0. The Morgan fingerprint density at radius 1 is 1.15 bits per heavy atom. The maximum Gasteiger partial charge on any atom is 0.159 e. The van der Waals surface area contributed by atoms with Crippen molar-refractivity contribution in [3.05, 3.63) is 64.7 Å². The SMILES string of the molecule is CCN(Cc1ccccc1)c1ccc(C(C)=O)cc1Cl. The van der Waals surface area contributed by atoms with Gasteiger partial charge in [0, 0.05) is 18.7 Å². The largest absolute Gasteiger partial charge is 0.366 e. The van der Waals surface area contributed by atoms with Gasteiger partial charge in [-0.15, -0.1) is 0 Å². The molecule has 0 saturated heterocycles. The second-order valence-electron chi connectivity index (χ2n) is 4.72. The van der Waals surface area contributed by atoms with Gasteiger partial charge in [-0.1, -0.05) is 41.9 Å². The van der Waals surface area contributed by atoms with Crippen LogP contribution in [0.15, 0.2) is 48.5 Å². The van der Waals surface area contributed by atoms with Crippen molar-refractivity contribution in [2.24, 2.45) is 0 Å². The number of Topliss-reactive ketones (excluding diaryl/α,β-unsaturated/α-hetero) is 1. The smallest absolute Gasteiger partial charge is 0.159 e. The van der Waals surface area contributed by atoms with E-state index in [0.717, 1.165) is 18.8 Å². The van der Waals surface area contributed by atoms with E-state index < -0.39 is 0 Å². The number of benzene rings is 2. The van der Waals surface area contributed by atoms with Crippen LogP contribution in [0.4, 0.5) is 5.69 Å². The topological polar surface area (TPSA) is 20.3 Å². The minimum Gasteiger partial charge on any atom is -0.366 e. The van der Waals surface area contributed by atoms with Gasteiger partial charge < -0.3 is 4.90 Å². The molecule has 0 spiro atoms. The van der Waals surface area contributed by atoms with Crippen molar-refractivity contribution in [1.29, 1.82) is 0 Å². The number of nitrogens with zero attached hydrogens (tertiary/aromatic N) is 1. The first kappa shape index (κ1) is 14.6. The average Bonchev–Trinajstić information content (AvgIpc) is 2.46. The first-order chi connectivity index (χ1) is 9.61. The Morgan fingerprint density at radius 2 is 1.85 bits per heavy atom. The van der Waals surface area contributed by atoms with E-state index in [1.807, 2.05) is 30.3 Å². The summed E-state index contributed by atoms with van der Waals surface area (Å²) in [6, 6.07) is 15.8. The van der Waals surface area contributed by atoms with Crippen LogP contribution in [-0.4, -0.2) is 12.3 Å². The van der Waals surface area contributed by atoms with E-state index in [9.17, 15) is 4.79 Å². The number of rotatable bonds is 5. The monoisotopic (exact) mass is 287 g/mol. The van der Waals surface area contributed by atoms with E-state index in [1.54, 1.807) is 13.0 Å². The lowest BCUT2D eigenvalue weighted by Crippen LogP contribution is -2.22. The molecule has 0 atom stereocenters. The highest BCUT2D eigenvalue weighted by atomic mass is 35.5. The van der Waals surface area contributed by atoms with E-state index in [2.05, 4.69) is 24.0 Å². The van der Waals surface area contributed by atoms with Gasteiger partial charge in [0.1, 0.15) is 0 Å². The fourth-order valence-electron chi connectivity index (χ4n) is 2.15. The number of hydrogen-bond acceptors (Lipinski definition) is 2. The van der Waals surface area contributed by atoms with Crippen molar-refractivity contribution in [2.75, 3.05) is 11.4 Å². The van der Waals surface area contributed by atoms with Crippen molar-refractivity contribution in [3.8, 4) is 0 Å².